The van der Waals surface area contributed by atoms with E-state index in [2.05, 4.69) is 0 Å². The Hall–Kier alpha value is -1.90. The van der Waals surface area contributed by atoms with Crippen molar-refractivity contribution in [1.29, 1.82) is 0 Å². The Morgan fingerprint density at radius 3 is 1.52 bits per heavy atom. The highest BCUT2D eigenvalue weighted by atomic mass is 28.1. The topological polar surface area (TPSA) is 0 Å². The summed E-state index contributed by atoms with van der Waals surface area (Å²) in [6.45, 7) is 0. The normalized spacial score (nSPS) is 11.2. The van der Waals surface area contributed by atoms with Crippen molar-refractivity contribution in [1.82, 2.24) is 0 Å². The second-order valence-electron chi connectivity index (χ2n) is 4.10. The Kier molecular flexibility index (Phi) is 3.79. The van der Waals surface area contributed by atoms with Crippen molar-refractivity contribution in [2.24, 2.45) is 0 Å². The van der Waals surface area contributed by atoms with Crippen LogP contribution in [0, 0.1) is 46.5 Å². The summed E-state index contributed by atoms with van der Waals surface area (Å²) in [5.74, 6) is -16.3. The van der Waals surface area contributed by atoms with Crippen LogP contribution in [-0.2, 0) is 0 Å². The number of halogens is 8. The standard InChI is InChI=1S/C12H4F8Si/c13-3-1-2(5(14)9(18)6(3)15)4-7(16)10(19)12(21)11(20)8(4)17/h1H,21H3. The van der Waals surface area contributed by atoms with Crippen LogP contribution < -0.4 is 5.19 Å². The molecule has 0 aliphatic carbocycles. The van der Waals surface area contributed by atoms with Gasteiger partial charge in [0.15, 0.2) is 46.5 Å². The molecular formula is C12H4F8Si. The van der Waals surface area contributed by atoms with Gasteiger partial charge in [-0.25, -0.2) is 35.1 Å². The summed E-state index contributed by atoms with van der Waals surface area (Å²) in [5, 5.41) is -0.891. The van der Waals surface area contributed by atoms with Gasteiger partial charge in [-0.1, -0.05) is 0 Å². The molecule has 0 heterocycles. The van der Waals surface area contributed by atoms with Gasteiger partial charge in [0.25, 0.3) is 0 Å². The molecule has 0 aliphatic heterocycles. The Morgan fingerprint density at radius 2 is 1.05 bits per heavy atom. The van der Waals surface area contributed by atoms with Crippen LogP contribution in [0.1, 0.15) is 0 Å². The number of hydrogen-bond acceptors (Lipinski definition) is 0. The van der Waals surface area contributed by atoms with Gasteiger partial charge in [-0.15, -0.1) is 0 Å². The van der Waals surface area contributed by atoms with Crippen LogP contribution in [0.25, 0.3) is 11.1 Å². The second-order valence-corrected chi connectivity index (χ2v) is 5.10. The molecule has 0 radical (unpaired) electrons. The first-order chi connectivity index (χ1) is 9.68. The lowest BCUT2D eigenvalue weighted by Crippen LogP contribution is -2.20. The van der Waals surface area contributed by atoms with Gasteiger partial charge in [0.1, 0.15) is 0 Å². The van der Waals surface area contributed by atoms with E-state index < -0.39 is 73.1 Å². The van der Waals surface area contributed by atoms with E-state index in [0.29, 0.717) is 0 Å². The lowest BCUT2D eigenvalue weighted by molar-refractivity contribution is 0.409. The Morgan fingerprint density at radius 1 is 0.571 bits per heavy atom. The summed E-state index contributed by atoms with van der Waals surface area (Å²) >= 11 is 0. The zero-order valence-corrected chi connectivity index (χ0v) is 12.1. The van der Waals surface area contributed by atoms with Gasteiger partial charge in [-0.2, -0.15) is 0 Å². The molecular weight excluding hydrogens is 324 g/mol. The monoisotopic (exact) mass is 328 g/mol. The Balaban J connectivity index is 2.93. The minimum Gasteiger partial charge on any atom is -0.204 e. The molecule has 0 saturated carbocycles. The molecule has 0 aliphatic rings. The first kappa shape index (κ1) is 15.5. The average molecular weight is 328 g/mol. The van der Waals surface area contributed by atoms with Crippen LogP contribution in [0.2, 0.25) is 0 Å². The minimum atomic E-state index is -2.35. The van der Waals surface area contributed by atoms with Crippen molar-refractivity contribution in [3.63, 3.8) is 0 Å². The van der Waals surface area contributed by atoms with E-state index in [0.717, 1.165) is 0 Å². The lowest BCUT2D eigenvalue weighted by Gasteiger charge is -2.11. The Labute approximate surface area is 115 Å². The summed E-state index contributed by atoms with van der Waals surface area (Å²) in [4.78, 5) is 0. The molecule has 0 amide bonds. The van der Waals surface area contributed by atoms with E-state index in [1.807, 2.05) is 0 Å². The molecule has 0 aromatic heterocycles. The lowest BCUT2D eigenvalue weighted by atomic mass is 10.0. The fourth-order valence-corrected chi connectivity index (χ4v) is 2.17. The quantitative estimate of drug-likeness (QED) is 0.327. The van der Waals surface area contributed by atoms with E-state index in [-0.39, 0.29) is 6.07 Å². The Bertz CT molecular complexity index is 727. The maximum absolute atomic E-state index is 13.7. The average Bonchev–Trinajstić information content (AvgIpc) is 2.46. The zero-order valence-electron chi connectivity index (χ0n) is 10.1. The van der Waals surface area contributed by atoms with Gasteiger partial charge in [0.2, 0.25) is 0 Å². The fraction of sp³-hybridized carbons (Fsp3) is 0. The molecule has 0 N–H and O–H groups in total. The van der Waals surface area contributed by atoms with Gasteiger partial charge in [0, 0.05) is 21.0 Å². The SMILES string of the molecule is Fc1cc(-c2c(F)c(F)c([SiH3])c(F)c2F)c(F)c(F)c1F. The van der Waals surface area contributed by atoms with Crippen LogP contribution in [-0.4, -0.2) is 10.2 Å². The highest BCUT2D eigenvalue weighted by molar-refractivity contribution is 6.32. The van der Waals surface area contributed by atoms with Gasteiger partial charge in [0.05, 0.1) is 5.56 Å². The predicted molar refractivity (Wildman–Crippen MR) is 61.1 cm³/mol. The van der Waals surface area contributed by atoms with Crippen molar-refractivity contribution in [3.05, 3.63) is 52.6 Å². The first-order valence-electron chi connectivity index (χ1n) is 5.34. The molecule has 21 heavy (non-hydrogen) atoms. The summed E-state index contributed by atoms with van der Waals surface area (Å²) in [5.41, 5.74) is -3.10. The first-order valence-corrected chi connectivity index (χ1v) is 6.34. The van der Waals surface area contributed by atoms with Crippen molar-refractivity contribution in [2.45, 2.75) is 0 Å². The summed E-state index contributed by atoms with van der Waals surface area (Å²) < 4.78 is 107. The molecule has 0 fully saturated rings. The maximum Gasteiger partial charge on any atom is 0.198 e. The molecule has 2 aromatic rings. The van der Waals surface area contributed by atoms with Gasteiger partial charge in [-0.3, -0.25) is 0 Å². The molecule has 0 atom stereocenters. The molecule has 0 spiro atoms. The largest absolute Gasteiger partial charge is 0.204 e. The van der Waals surface area contributed by atoms with Crippen LogP contribution in [0.3, 0.4) is 0 Å². The van der Waals surface area contributed by atoms with E-state index in [4.69, 9.17) is 0 Å². The zero-order chi connectivity index (χ0) is 16.1. The third-order valence-electron chi connectivity index (χ3n) is 2.85. The minimum absolute atomic E-state index is 0.0825. The third kappa shape index (κ3) is 2.21. The van der Waals surface area contributed by atoms with Crippen molar-refractivity contribution in [2.75, 3.05) is 0 Å². The van der Waals surface area contributed by atoms with E-state index in [1.54, 1.807) is 0 Å². The molecule has 0 nitrogen and oxygen atoms in total. The highest BCUT2D eigenvalue weighted by Gasteiger charge is 2.29. The summed E-state index contributed by atoms with van der Waals surface area (Å²) in [7, 11) is -0.403. The number of rotatable bonds is 1. The van der Waals surface area contributed by atoms with Crippen molar-refractivity contribution in [3.8, 4) is 11.1 Å². The van der Waals surface area contributed by atoms with Crippen LogP contribution >= 0.6 is 0 Å². The molecule has 2 aromatic carbocycles. The maximum atomic E-state index is 13.7. The third-order valence-corrected chi connectivity index (χ3v) is 3.73. The van der Waals surface area contributed by atoms with Crippen molar-refractivity contribution < 1.29 is 35.1 Å². The molecule has 0 bridgehead atoms. The molecule has 0 saturated heterocycles. The summed E-state index contributed by atoms with van der Waals surface area (Å²) in [6.07, 6.45) is 0. The van der Waals surface area contributed by atoms with Crippen LogP contribution in [0.4, 0.5) is 35.1 Å². The molecule has 0 unspecified atom stereocenters. The van der Waals surface area contributed by atoms with Gasteiger partial charge >= 0.3 is 0 Å². The van der Waals surface area contributed by atoms with Gasteiger partial charge in [-0.05, 0) is 6.07 Å². The number of benzene rings is 2. The predicted octanol–water partition coefficient (Wildman–Crippen LogP) is 2.46. The van der Waals surface area contributed by atoms with E-state index in [1.165, 1.54) is 0 Å². The second kappa shape index (κ2) is 5.13. The van der Waals surface area contributed by atoms with E-state index >= 15 is 0 Å². The highest BCUT2D eigenvalue weighted by Crippen LogP contribution is 2.33. The summed E-state index contributed by atoms with van der Waals surface area (Å²) in [6, 6.07) is -0.0825. The van der Waals surface area contributed by atoms with Gasteiger partial charge < -0.3 is 0 Å². The number of hydrogen-bond donors (Lipinski definition) is 0. The van der Waals surface area contributed by atoms with E-state index in [9.17, 15) is 35.1 Å². The molecule has 112 valence electrons. The molecule has 2 rings (SSSR count). The molecule has 9 heteroatoms. The van der Waals surface area contributed by atoms with Crippen LogP contribution in [0.5, 0.6) is 0 Å². The smallest absolute Gasteiger partial charge is 0.198 e. The fourth-order valence-electron chi connectivity index (χ4n) is 1.73. The van der Waals surface area contributed by atoms with Crippen molar-refractivity contribution >= 4 is 15.4 Å². The van der Waals surface area contributed by atoms with Crippen LogP contribution in [0.15, 0.2) is 6.07 Å².